The number of hydrogen-bond donors (Lipinski definition) is 2. The SMILES string of the molecule is COC(=O)N1c2ccc(-c3cnn(CCO)c3)c(OCC3CCC(=O)N3)c2CCC1C. The highest BCUT2D eigenvalue weighted by atomic mass is 16.5. The number of benzene rings is 1. The third-order valence-corrected chi connectivity index (χ3v) is 5.91. The van der Waals surface area contributed by atoms with E-state index in [9.17, 15) is 14.7 Å². The fourth-order valence-electron chi connectivity index (χ4n) is 4.29. The number of nitrogens with zero attached hydrogens (tertiary/aromatic N) is 3. The summed E-state index contributed by atoms with van der Waals surface area (Å²) < 4.78 is 13.0. The molecule has 3 heterocycles. The molecule has 0 radical (unpaired) electrons. The van der Waals surface area contributed by atoms with Gasteiger partial charge in [0, 0.05) is 35.3 Å². The number of carbonyl (C=O) groups is 2. The maximum atomic E-state index is 12.5. The summed E-state index contributed by atoms with van der Waals surface area (Å²) in [6.07, 6.45) is 6.00. The normalized spacial score (nSPS) is 20.4. The number of hydrogen-bond acceptors (Lipinski definition) is 6. The van der Waals surface area contributed by atoms with Crippen molar-refractivity contribution in [3.63, 3.8) is 0 Å². The Labute approximate surface area is 180 Å². The Morgan fingerprint density at radius 3 is 2.87 bits per heavy atom. The molecule has 2 aliphatic rings. The molecule has 9 nitrogen and oxygen atoms in total. The van der Waals surface area contributed by atoms with E-state index in [4.69, 9.17) is 9.47 Å². The molecule has 166 valence electrons. The van der Waals surface area contributed by atoms with E-state index in [0.29, 0.717) is 25.3 Å². The largest absolute Gasteiger partial charge is 0.490 e. The van der Waals surface area contributed by atoms with Crippen molar-refractivity contribution in [1.29, 1.82) is 0 Å². The number of aromatic nitrogens is 2. The van der Waals surface area contributed by atoms with E-state index in [-0.39, 0.29) is 24.6 Å². The summed E-state index contributed by atoms with van der Waals surface area (Å²) in [5.74, 6) is 0.739. The molecule has 2 aromatic rings. The molecule has 0 saturated carbocycles. The number of anilines is 1. The molecule has 1 fully saturated rings. The quantitative estimate of drug-likeness (QED) is 0.730. The van der Waals surface area contributed by atoms with Crippen molar-refractivity contribution < 1.29 is 24.2 Å². The van der Waals surface area contributed by atoms with Crippen LogP contribution in [-0.2, 0) is 22.5 Å². The number of fused-ring (bicyclic) bond motifs is 1. The highest BCUT2D eigenvalue weighted by Gasteiger charge is 2.32. The van der Waals surface area contributed by atoms with E-state index in [0.717, 1.165) is 41.6 Å². The molecule has 9 heteroatoms. The minimum atomic E-state index is -0.397. The van der Waals surface area contributed by atoms with Crippen LogP contribution in [0.5, 0.6) is 5.75 Å². The molecular formula is C22H28N4O5. The van der Waals surface area contributed by atoms with Gasteiger partial charge in [-0.05, 0) is 38.3 Å². The van der Waals surface area contributed by atoms with Crippen LogP contribution in [0, 0.1) is 0 Å². The Bertz CT molecular complexity index is 973. The summed E-state index contributed by atoms with van der Waals surface area (Å²) in [5, 5.41) is 16.4. The lowest BCUT2D eigenvalue weighted by Gasteiger charge is -2.35. The molecule has 0 spiro atoms. The molecule has 0 bridgehead atoms. The van der Waals surface area contributed by atoms with E-state index in [1.165, 1.54) is 7.11 Å². The first-order chi connectivity index (χ1) is 15.0. The lowest BCUT2D eigenvalue weighted by Crippen LogP contribution is -2.42. The second kappa shape index (κ2) is 8.97. The van der Waals surface area contributed by atoms with Gasteiger partial charge in [-0.2, -0.15) is 5.10 Å². The van der Waals surface area contributed by atoms with Gasteiger partial charge in [0.1, 0.15) is 12.4 Å². The van der Waals surface area contributed by atoms with Crippen LogP contribution in [0.4, 0.5) is 10.5 Å². The number of carbonyl (C=O) groups excluding carboxylic acids is 2. The molecule has 4 rings (SSSR count). The summed E-state index contributed by atoms with van der Waals surface area (Å²) in [5.41, 5.74) is 3.46. The predicted molar refractivity (Wildman–Crippen MR) is 114 cm³/mol. The van der Waals surface area contributed by atoms with Crippen LogP contribution >= 0.6 is 0 Å². The first-order valence-electron chi connectivity index (χ1n) is 10.6. The maximum absolute atomic E-state index is 12.5. The smallest absolute Gasteiger partial charge is 0.414 e. The van der Waals surface area contributed by atoms with Crippen LogP contribution in [0.1, 0.15) is 31.7 Å². The van der Waals surface area contributed by atoms with Gasteiger partial charge in [0.05, 0.1) is 38.2 Å². The molecule has 31 heavy (non-hydrogen) atoms. The molecule has 2 atom stereocenters. The number of aliphatic hydroxyl groups excluding tert-OH is 1. The lowest BCUT2D eigenvalue weighted by atomic mass is 9.92. The van der Waals surface area contributed by atoms with Gasteiger partial charge in [0.2, 0.25) is 5.91 Å². The molecule has 1 saturated heterocycles. The van der Waals surface area contributed by atoms with Crippen LogP contribution < -0.4 is 15.0 Å². The first kappa shape index (κ1) is 21.2. The number of ether oxygens (including phenoxy) is 2. The third-order valence-electron chi connectivity index (χ3n) is 5.91. The van der Waals surface area contributed by atoms with Gasteiger partial charge >= 0.3 is 6.09 Å². The van der Waals surface area contributed by atoms with Crippen LogP contribution in [0.3, 0.4) is 0 Å². The lowest BCUT2D eigenvalue weighted by molar-refractivity contribution is -0.119. The summed E-state index contributed by atoms with van der Waals surface area (Å²) in [6, 6.07) is 3.83. The summed E-state index contributed by atoms with van der Waals surface area (Å²) in [7, 11) is 1.38. The van der Waals surface area contributed by atoms with Gasteiger partial charge in [0.15, 0.2) is 0 Å². The van der Waals surface area contributed by atoms with Crippen LogP contribution in [0.2, 0.25) is 0 Å². The number of rotatable bonds is 6. The Morgan fingerprint density at radius 2 is 2.16 bits per heavy atom. The van der Waals surface area contributed by atoms with E-state index in [2.05, 4.69) is 10.4 Å². The van der Waals surface area contributed by atoms with Crippen molar-refractivity contribution in [2.45, 2.75) is 51.2 Å². The number of amides is 2. The van der Waals surface area contributed by atoms with Gasteiger partial charge in [-0.1, -0.05) is 0 Å². The Hall–Kier alpha value is -3.07. The molecule has 1 aromatic heterocycles. The van der Waals surface area contributed by atoms with Crippen molar-refractivity contribution in [1.82, 2.24) is 15.1 Å². The van der Waals surface area contributed by atoms with Gasteiger partial charge in [-0.3, -0.25) is 14.4 Å². The number of aliphatic hydroxyl groups is 1. The van der Waals surface area contributed by atoms with Gasteiger partial charge in [-0.25, -0.2) is 4.79 Å². The fourth-order valence-corrected chi connectivity index (χ4v) is 4.29. The van der Waals surface area contributed by atoms with Crippen molar-refractivity contribution >= 4 is 17.7 Å². The minimum absolute atomic E-state index is 0.00200. The van der Waals surface area contributed by atoms with Crippen molar-refractivity contribution in [3.05, 3.63) is 30.1 Å². The number of methoxy groups -OCH3 is 1. The zero-order valence-corrected chi connectivity index (χ0v) is 17.8. The molecule has 2 unspecified atom stereocenters. The Kier molecular flexibility index (Phi) is 6.13. The minimum Gasteiger partial charge on any atom is -0.490 e. The second-order valence-corrected chi connectivity index (χ2v) is 8.00. The van der Waals surface area contributed by atoms with E-state index < -0.39 is 6.09 Å². The molecule has 2 aliphatic heterocycles. The van der Waals surface area contributed by atoms with Crippen molar-refractivity contribution in [2.24, 2.45) is 0 Å². The van der Waals surface area contributed by atoms with Crippen LogP contribution in [-0.4, -0.2) is 59.3 Å². The number of nitrogens with one attached hydrogen (secondary N) is 1. The van der Waals surface area contributed by atoms with Gasteiger partial charge in [-0.15, -0.1) is 0 Å². The Balaban J connectivity index is 1.73. The molecule has 1 aromatic carbocycles. The molecule has 2 N–H and O–H groups in total. The van der Waals surface area contributed by atoms with E-state index in [1.807, 2.05) is 25.3 Å². The molecule has 2 amide bonds. The summed E-state index contributed by atoms with van der Waals surface area (Å²) in [6.45, 7) is 2.76. The molecular weight excluding hydrogens is 400 g/mol. The van der Waals surface area contributed by atoms with Crippen molar-refractivity contribution in [3.8, 4) is 16.9 Å². The second-order valence-electron chi connectivity index (χ2n) is 8.00. The highest BCUT2D eigenvalue weighted by molar-refractivity contribution is 5.92. The topological polar surface area (TPSA) is 106 Å². The van der Waals surface area contributed by atoms with E-state index in [1.54, 1.807) is 15.8 Å². The molecule has 0 aliphatic carbocycles. The summed E-state index contributed by atoms with van der Waals surface area (Å²) >= 11 is 0. The first-order valence-corrected chi connectivity index (χ1v) is 10.6. The monoisotopic (exact) mass is 428 g/mol. The average Bonchev–Trinajstić information content (AvgIpc) is 3.40. The van der Waals surface area contributed by atoms with Crippen LogP contribution in [0.25, 0.3) is 11.1 Å². The van der Waals surface area contributed by atoms with Crippen LogP contribution in [0.15, 0.2) is 24.5 Å². The predicted octanol–water partition coefficient (Wildman–Crippen LogP) is 2.11. The third kappa shape index (κ3) is 4.23. The standard InChI is InChI=1S/C22H28N4O5/c1-14-3-5-18-19(26(14)22(29)30-2)7-6-17(15-11-23-25(12-15)9-10-27)21(18)31-13-16-4-8-20(28)24-16/h6-7,11-12,14,16,27H,3-5,8-10,13H2,1-2H3,(H,24,28). The van der Waals surface area contributed by atoms with Gasteiger partial charge in [0.25, 0.3) is 0 Å². The van der Waals surface area contributed by atoms with Gasteiger partial charge < -0.3 is 19.9 Å². The highest BCUT2D eigenvalue weighted by Crippen LogP contribution is 2.43. The summed E-state index contributed by atoms with van der Waals surface area (Å²) in [4.78, 5) is 25.7. The fraction of sp³-hybridized carbons (Fsp3) is 0.500. The van der Waals surface area contributed by atoms with E-state index >= 15 is 0 Å². The maximum Gasteiger partial charge on any atom is 0.414 e. The zero-order chi connectivity index (χ0) is 22.0. The van der Waals surface area contributed by atoms with Crippen molar-refractivity contribution in [2.75, 3.05) is 25.2 Å². The zero-order valence-electron chi connectivity index (χ0n) is 17.8. The average molecular weight is 428 g/mol. The Morgan fingerprint density at radius 1 is 1.32 bits per heavy atom.